The molecule has 23 heavy (non-hydrogen) atoms. The van der Waals surface area contributed by atoms with Gasteiger partial charge in [0.1, 0.15) is 5.82 Å². The average molecular weight is 317 g/mol. The third-order valence-corrected chi connectivity index (χ3v) is 3.86. The van der Waals surface area contributed by atoms with Crippen LogP contribution >= 0.6 is 0 Å². The number of nitrogens with zero attached hydrogens (tertiary/aromatic N) is 7. The summed E-state index contributed by atoms with van der Waals surface area (Å²) in [6.07, 6.45) is 0. The SMILES string of the molecule is Cc1cc(N2CCN(Cc3noc(C)n3)CC2)nc(N(C)C)n1. The first-order valence-corrected chi connectivity index (χ1v) is 7.81. The molecule has 0 N–H and O–H groups in total. The lowest BCUT2D eigenvalue weighted by molar-refractivity contribution is 0.239. The number of hydrogen-bond donors (Lipinski definition) is 0. The van der Waals surface area contributed by atoms with E-state index in [1.165, 1.54) is 0 Å². The fourth-order valence-corrected chi connectivity index (χ4v) is 2.64. The van der Waals surface area contributed by atoms with Gasteiger partial charge in [-0.05, 0) is 6.92 Å². The van der Waals surface area contributed by atoms with Crippen molar-refractivity contribution in [2.75, 3.05) is 50.1 Å². The van der Waals surface area contributed by atoms with E-state index in [-0.39, 0.29) is 0 Å². The van der Waals surface area contributed by atoms with Crippen LogP contribution in [-0.4, -0.2) is 65.3 Å². The van der Waals surface area contributed by atoms with E-state index >= 15 is 0 Å². The van der Waals surface area contributed by atoms with Crippen molar-refractivity contribution in [2.45, 2.75) is 20.4 Å². The van der Waals surface area contributed by atoms with E-state index in [2.05, 4.69) is 29.9 Å². The number of aryl methyl sites for hydroxylation is 2. The molecule has 0 unspecified atom stereocenters. The molecular weight excluding hydrogens is 294 g/mol. The fourth-order valence-electron chi connectivity index (χ4n) is 2.64. The highest BCUT2D eigenvalue weighted by Crippen LogP contribution is 2.18. The molecule has 8 nitrogen and oxygen atoms in total. The summed E-state index contributed by atoms with van der Waals surface area (Å²) in [4.78, 5) is 19.9. The lowest BCUT2D eigenvalue weighted by Gasteiger charge is -2.35. The molecular formula is C15H23N7O. The van der Waals surface area contributed by atoms with Gasteiger partial charge in [-0.15, -0.1) is 0 Å². The van der Waals surface area contributed by atoms with E-state index in [9.17, 15) is 0 Å². The van der Waals surface area contributed by atoms with E-state index in [0.717, 1.165) is 56.0 Å². The molecule has 0 spiro atoms. The Labute approximate surface area is 136 Å². The molecule has 0 amide bonds. The Kier molecular flexibility index (Phi) is 4.42. The van der Waals surface area contributed by atoms with Crippen molar-refractivity contribution in [1.82, 2.24) is 25.0 Å². The maximum Gasteiger partial charge on any atom is 0.226 e. The first-order valence-electron chi connectivity index (χ1n) is 7.81. The Hall–Kier alpha value is -2.22. The molecule has 124 valence electrons. The first-order chi connectivity index (χ1) is 11.0. The molecule has 0 bridgehead atoms. The van der Waals surface area contributed by atoms with Gasteiger partial charge in [0.15, 0.2) is 5.82 Å². The zero-order valence-corrected chi connectivity index (χ0v) is 14.2. The van der Waals surface area contributed by atoms with Crippen LogP contribution in [-0.2, 0) is 6.54 Å². The summed E-state index contributed by atoms with van der Waals surface area (Å²) < 4.78 is 5.03. The minimum Gasteiger partial charge on any atom is -0.354 e. The van der Waals surface area contributed by atoms with Crippen molar-refractivity contribution in [3.63, 3.8) is 0 Å². The van der Waals surface area contributed by atoms with E-state index in [4.69, 9.17) is 4.52 Å². The van der Waals surface area contributed by atoms with Crippen LogP contribution in [0.5, 0.6) is 0 Å². The molecule has 2 aromatic rings. The summed E-state index contributed by atoms with van der Waals surface area (Å²) in [7, 11) is 3.92. The van der Waals surface area contributed by atoms with Crippen molar-refractivity contribution >= 4 is 11.8 Å². The predicted molar refractivity (Wildman–Crippen MR) is 87.6 cm³/mol. The molecule has 1 fully saturated rings. The van der Waals surface area contributed by atoms with Gasteiger partial charge in [0.2, 0.25) is 11.8 Å². The minimum absolute atomic E-state index is 0.617. The molecule has 8 heteroatoms. The molecule has 0 atom stereocenters. The highest BCUT2D eigenvalue weighted by Gasteiger charge is 2.20. The predicted octanol–water partition coefficient (Wildman–Crippen LogP) is 0.865. The van der Waals surface area contributed by atoms with Crippen LogP contribution in [0.25, 0.3) is 0 Å². The smallest absolute Gasteiger partial charge is 0.226 e. The Morgan fingerprint density at radius 2 is 1.83 bits per heavy atom. The van der Waals surface area contributed by atoms with Crippen molar-refractivity contribution in [3.8, 4) is 0 Å². The molecule has 0 saturated carbocycles. The highest BCUT2D eigenvalue weighted by molar-refractivity contribution is 5.45. The van der Waals surface area contributed by atoms with E-state index < -0.39 is 0 Å². The van der Waals surface area contributed by atoms with Crippen molar-refractivity contribution in [1.29, 1.82) is 0 Å². The normalized spacial score (nSPS) is 15.9. The van der Waals surface area contributed by atoms with Gasteiger partial charge in [0.25, 0.3) is 0 Å². The van der Waals surface area contributed by atoms with Crippen LogP contribution in [0.2, 0.25) is 0 Å². The maximum atomic E-state index is 5.03. The molecule has 0 radical (unpaired) electrons. The molecule has 1 aliphatic heterocycles. The van der Waals surface area contributed by atoms with Crippen LogP contribution < -0.4 is 9.80 Å². The lowest BCUT2D eigenvalue weighted by Crippen LogP contribution is -2.46. The van der Waals surface area contributed by atoms with Gasteiger partial charge in [-0.25, -0.2) is 4.98 Å². The Morgan fingerprint density at radius 1 is 1.09 bits per heavy atom. The van der Waals surface area contributed by atoms with Crippen molar-refractivity contribution in [2.24, 2.45) is 0 Å². The van der Waals surface area contributed by atoms with Crippen LogP contribution in [0.15, 0.2) is 10.6 Å². The van der Waals surface area contributed by atoms with Gasteiger partial charge in [-0.3, -0.25) is 4.90 Å². The van der Waals surface area contributed by atoms with Gasteiger partial charge in [0.05, 0.1) is 6.54 Å². The second-order valence-corrected chi connectivity index (χ2v) is 6.05. The van der Waals surface area contributed by atoms with E-state index in [0.29, 0.717) is 5.89 Å². The molecule has 3 heterocycles. The molecule has 3 rings (SSSR count). The van der Waals surface area contributed by atoms with Gasteiger partial charge in [-0.2, -0.15) is 9.97 Å². The summed E-state index contributed by atoms with van der Waals surface area (Å²) in [5.74, 6) is 3.12. The lowest BCUT2D eigenvalue weighted by atomic mass is 10.3. The molecule has 1 aliphatic rings. The quantitative estimate of drug-likeness (QED) is 0.822. The number of rotatable bonds is 4. The number of piperazine rings is 1. The van der Waals surface area contributed by atoms with Crippen molar-refractivity contribution in [3.05, 3.63) is 23.5 Å². The second kappa shape index (κ2) is 6.49. The Morgan fingerprint density at radius 3 is 2.43 bits per heavy atom. The van der Waals surface area contributed by atoms with Crippen LogP contribution in [0.4, 0.5) is 11.8 Å². The Bertz CT molecular complexity index is 662. The fraction of sp³-hybridized carbons (Fsp3) is 0.600. The topological polar surface area (TPSA) is 74.4 Å². The minimum atomic E-state index is 0.617. The molecule has 0 aromatic carbocycles. The second-order valence-electron chi connectivity index (χ2n) is 6.05. The van der Waals surface area contributed by atoms with Gasteiger partial charge in [-0.1, -0.05) is 5.16 Å². The standard InChI is InChI=1S/C15H23N7O/c1-11-9-14(18-15(16-11)20(3)4)22-7-5-21(6-8-22)10-13-17-12(2)23-19-13/h9H,5-8,10H2,1-4H3. The summed E-state index contributed by atoms with van der Waals surface area (Å²) in [5, 5.41) is 3.96. The summed E-state index contributed by atoms with van der Waals surface area (Å²) in [6.45, 7) is 8.32. The van der Waals surface area contributed by atoms with Gasteiger partial charge >= 0.3 is 0 Å². The van der Waals surface area contributed by atoms with E-state index in [1.54, 1.807) is 0 Å². The molecule has 0 aliphatic carbocycles. The average Bonchev–Trinajstić information content (AvgIpc) is 2.92. The van der Waals surface area contributed by atoms with Crippen molar-refractivity contribution < 1.29 is 4.52 Å². The third-order valence-electron chi connectivity index (χ3n) is 3.86. The third kappa shape index (κ3) is 3.76. The van der Waals surface area contributed by atoms with Crippen LogP contribution in [0, 0.1) is 13.8 Å². The number of anilines is 2. The molecule has 1 saturated heterocycles. The van der Waals surface area contributed by atoms with Crippen LogP contribution in [0.1, 0.15) is 17.4 Å². The molecule has 2 aromatic heterocycles. The summed E-state index contributed by atoms with van der Waals surface area (Å²) >= 11 is 0. The van der Waals surface area contributed by atoms with Gasteiger partial charge < -0.3 is 14.3 Å². The first kappa shape index (κ1) is 15.7. The largest absolute Gasteiger partial charge is 0.354 e. The number of aromatic nitrogens is 4. The Balaban J connectivity index is 1.62. The van der Waals surface area contributed by atoms with Gasteiger partial charge in [0, 0.05) is 59.0 Å². The maximum absolute atomic E-state index is 5.03. The monoisotopic (exact) mass is 317 g/mol. The number of hydrogen-bond acceptors (Lipinski definition) is 8. The summed E-state index contributed by atoms with van der Waals surface area (Å²) in [5.41, 5.74) is 0.989. The van der Waals surface area contributed by atoms with E-state index in [1.807, 2.05) is 38.9 Å². The zero-order chi connectivity index (χ0) is 16.4. The summed E-state index contributed by atoms with van der Waals surface area (Å²) in [6, 6.07) is 2.05. The zero-order valence-electron chi connectivity index (χ0n) is 14.2. The highest BCUT2D eigenvalue weighted by atomic mass is 16.5. The van der Waals surface area contributed by atoms with Crippen LogP contribution in [0.3, 0.4) is 0 Å².